The van der Waals surface area contributed by atoms with Gasteiger partial charge < -0.3 is 4.57 Å². The second kappa shape index (κ2) is 6.69. The molecule has 29 heavy (non-hydrogen) atoms. The molecule has 0 spiro atoms. The molecule has 0 radical (unpaired) electrons. The smallest absolute Gasteiger partial charge is 0.269 e. The highest BCUT2D eigenvalue weighted by molar-refractivity contribution is 7.90. The molecule has 0 unspecified atom stereocenters. The molecule has 0 amide bonds. The molecule has 0 saturated heterocycles. The summed E-state index contributed by atoms with van der Waals surface area (Å²) in [7, 11) is -3.71. The van der Waals surface area contributed by atoms with Crippen LogP contribution in [0.15, 0.2) is 47.6 Å². The molecule has 4 aromatic rings. The van der Waals surface area contributed by atoms with E-state index in [0.29, 0.717) is 11.7 Å². The van der Waals surface area contributed by atoms with E-state index in [4.69, 9.17) is 4.98 Å². The maximum Gasteiger partial charge on any atom is 0.269 e. The van der Waals surface area contributed by atoms with E-state index < -0.39 is 10.0 Å². The van der Waals surface area contributed by atoms with Gasteiger partial charge in [-0.25, -0.2) is 22.4 Å². The zero-order valence-electron chi connectivity index (χ0n) is 16.7. The molecule has 3 heterocycles. The van der Waals surface area contributed by atoms with Crippen LogP contribution in [-0.2, 0) is 10.0 Å². The second-order valence-electron chi connectivity index (χ2n) is 7.98. The summed E-state index contributed by atoms with van der Waals surface area (Å²) in [6.45, 7) is 3.97. The molecule has 3 aromatic heterocycles. The molecule has 1 fully saturated rings. The van der Waals surface area contributed by atoms with Crippen molar-refractivity contribution in [1.29, 1.82) is 0 Å². The number of hydrogen-bond donors (Lipinski definition) is 0. The third-order valence-electron chi connectivity index (χ3n) is 6.02. The fraction of sp³-hybridized carbons (Fsp3) is 0.364. The first-order valence-corrected chi connectivity index (χ1v) is 11.6. The van der Waals surface area contributed by atoms with Crippen molar-refractivity contribution in [2.45, 2.75) is 56.9 Å². The molecule has 5 rings (SSSR count). The van der Waals surface area contributed by atoms with Gasteiger partial charge in [0.25, 0.3) is 10.0 Å². The van der Waals surface area contributed by atoms with Gasteiger partial charge in [0.05, 0.1) is 16.6 Å². The number of nitrogens with zero attached hydrogens (tertiary/aromatic N) is 4. The molecular weight excluding hydrogens is 384 g/mol. The first-order valence-electron chi connectivity index (χ1n) is 10.1. The minimum absolute atomic E-state index is 0.263. The Bertz CT molecular complexity index is 1310. The third-order valence-corrected chi connectivity index (χ3v) is 7.70. The van der Waals surface area contributed by atoms with E-state index in [9.17, 15) is 8.42 Å². The molecule has 0 bridgehead atoms. The van der Waals surface area contributed by atoms with Crippen molar-refractivity contribution >= 4 is 32.1 Å². The molecule has 1 aliphatic rings. The summed E-state index contributed by atoms with van der Waals surface area (Å²) in [6.07, 6.45) is 9.31. The molecule has 0 aliphatic heterocycles. The molecule has 1 aromatic carbocycles. The second-order valence-corrected chi connectivity index (χ2v) is 9.79. The summed E-state index contributed by atoms with van der Waals surface area (Å²) in [5.41, 5.74) is 3.30. The summed E-state index contributed by atoms with van der Waals surface area (Å²) in [4.78, 5) is 9.47. The Kier molecular flexibility index (Phi) is 4.24. The van der Waals surface area contributed by atoms with Crippen LogP contribution in [0.3, 0.4) is 0 Å². The van der Waals surface area contributed by atoms with E-state index in [2.05, 4.69) is 9.55 Å². The monoisotopic (exact) mass is 408 g/mol. The predicted molar refractivity (Wildman–Crippen MR) is 114 cm³/mol. The van der Waals surface area contributed by atoms with E-state index in [-0.39, 0.29) is 4.90 Å². The zero-order chi connectivity index (χ0) is 20.2. The predicted octanol–water partition coefficient (Wildman–Crippen LogP) is 4.75. The van der Waals surface area contributed by atoms with Gasteiger partial charge in [-0.05, 0) is 44.9 Å². The van der Waals surface area contributed by atoms with Gasteiger partial charge in [0.2, 0.25) is 0 Å². The van der Waals surface area contributed by atoms with Crippen LogP contribution in [0.25, 0.3) is 22.1 Å². The van der Waals surface area contributed by atoms with Crippen LogP contribution in [0.2, 0.25) is 0 Å². The number of aryl methyl sites for hydroxylation is 2. The molecule has 0 N–H and O–H groups in total. The van der Waals surface area contributed by atoms with Crippen LogP contribution in [0.1, 0.15) is 49.5 Å². The molecule has 7 heteroatoms. The first-order chi connectivity index (χ1) is 14.0. The fourth-order valence-corrected chi connectivity index (χ4v) is 5.87. The van der Waals surface area contributed by atoms with Crippen LogP contribution < -0.4 is 0 Å². The van der Waals surface area contributed by atoms with Gasteiger partial charge in [-0.3, -0.25) is 0 Å². The SMILES string of the molecule is Cc1ccc(S(=O)(=O)n2ccc3c2ncc2nc(C)n(C4CCCCC4)c23)cc1. The summed E-state index contributed by atoms with van der Waals surface area (Å²) in [5, 5.41) is 0.837. The minimum atomic E-state index is -3.71. The molecule has 0 atom stereocenters. The Morgan fingerprint density at radius 3 is 2.45 bits per heavy atom. The van der Waals surface area contributed by atoms with Gasteiger partial charge in [-0.1, -0.05) is 37.0 Å². The number of rotatable bonds is 3. The van der Waals surface area contributed by atoms with Crippen LogP contribution in [0.4, 0.5) is 0 Å². The van der Waals surface area contributed by atoms with Crippen molar-refractivity contribution in [3.63, 3.8) is 0 Å². The number of hydrogen-bond acceptors (Lipinski definition) is 4. The van der Waals surface area contributed by atoms with Gasteiger partial charge in [-0.15, -0.1) is 0 Å². The van der Waals surface area contributed by atoms with E-state index in [1.165, 1.54) is 23.2 Å². The average molecular weight is 409 g/mol. The Morgan fingerprint density at radius 2 is 1.72 bits per heavy atom. The molecule has 6 nitrogen and oxygen atoms in total. The summed E-state index contributed by atoms with van der Waals surface area (Å²) in [5.74, 6) is 0.968. The van der Waals surface area contributed by atoms with Crippen LogP contribution in [0.5, 0.6) is 0 Å². The fourth-order valence-electron chi connectivity index (χ4n) is 4.57. The van der Waals surface area contributed by atoms with Crippen molar-refractivity contribution in [2.24, 2.45) is 0 Å². The van der Waals surface area contributed by atoms with Gasteiger partial charge in [-0.2, -0.15) is 0 Å². The number of fused-ring (bicyclic) bond motifs is 3. The number of pyridine rings is 1. The van der Waals surface area contributed by atoms with Gasteiger partial charge in [0.1, 0.15) is 11.3 Å². The van der Waals surface area contributed by atoms with Crippen LogP contribution in [0, 0.1) is 13.8 Å². The Labute approximate surface area is 170 Å². The van der Waals surface area contributed by atoms with Crippen molar-refractivity contribution in [3.8, 4) is 0 Å². The average Bonchev–Trinajstić information content (AvgIpc) is 3.29. The maximum atomic E-state index is 13.2. The molecule has 1 aliphatic carbocycles. The first kappa shape index (κ1) is 18.4. The van der Waals surface area contributed by atoms with Crippen molar-refractivity contribution in [2.75, 3.05) is 0 Å². The topological polar surface area (TPSA) is 69.8 Å². The molecule has 1 saturated carbocycles. The van der Waals surface area contributed by atoms with Crippen LogP contribution >= 0.6 is 0 Å². The lowest BCUT2D eigenvalue weighted by atomic mass is 9.95. The van der Waals surface area contributed by atoms with E-state index >= 15 is 0 Å². The lowest BCUT2D eigenvalue weighted by molar-refractivity contribution is 0.355. The number of imidazole rings is 1. The summed E-state index contributed by atoms with van der Waals surface area (Å²) in [6, 6.07) is 9.18. The molecular formula is C22H24N4O2S. The third kappa shape index (κ3) is 2.87. The largest absolute Gasteiger partial charge is 0.324 e. The highest BCUT2D eigenvalue weighted by Gasteiger charge is 2.25. The number of benzene rings is 1. The van der Waals surface area contributed by atoms with E-state index in [1.54, 1.807) is 24.5 Å². The zero-order valence-corrected chi connectivity index (χ0v) is 17.5. The molecule has 150 valence electrons. The quantitative estimate of drug-likeness (QED) is 0.491. The Morgan fingerprint density at radius 1 is 1.00 bits per heavy atom. The lowest BCUT2D eigenvalue weighted by Gasteiger charge is -2.25. The van der Waals surface area contributed by atoms with Crippen LogP contribution in [-0.4, -0.2) is 26.9 Å². The standard InChI is InChI=1S/C22H24N4O2S/c1-15-8-10-18(11-9-15)29(27,28)25-13-12-19-21-20(14-23-22(19)25)24-16(2)26(21)17-6-4-3-5-7-17/h8-14,17H,3-7H2,1-2H3. The van der Waals surface area contributed by atoms with Gasteiger partial charge >= 0.3 is 0 Å². The van der Waals surface area contributed by atoms with Gasteiger partial charge in [0.15, 0.2) is 5.65 Å². The van der Waals surface area contributed by atoms with E-state index in [0.717, 1.165) is 40.6 Å². The Balaban J connectivity index is 1.72. The highest BCUT2D eigenvalue weighted by atomic mass is 32.2. The normalized spacial score (nSPS) is 16.1. The maximum absolute atomic E-state index is 13.2. The summed E-state index contributed by atoms with van der Waals surface area (Å²) < 4.78 is 30.1. The number of aromatic nitrogens is 4. The van der Waals surface area contributed by atoms with Crippen molar-refractivity contribution in [3.05, 3.63) is 54.1 Å². The van der Waals surface area contributed by atoms with Crippen molar-refractivity contribution in [1.82, 2.24) is 18.5 Å². The lowest BCUT2D eigenvalue weighted by Crippen LogP contribution is -2.14. The Hall–Kier alpha value is -2.67. The van der Waals surface area contributed by atoms with Crippen molar-refractivity contribution < 1.29 is 8.42 Å². The minimum Gasteiger partial charge on any atom is -0.324 e. The summed E-state index contributed by atoms with van der Waals surface area (Å²) >= 11 is 0. The van der Waals surface area contributed by atoms with Gasteiger partial charge in [0, 0.05) is 17.6 Å². The van der Waals surface area contributed by atoms with E-state index in [1.807, 2.05) is 32.0 Å². The highest BCUT2D eigenvalue weighted by Crippen LogP contribution is 2.35.